The summed E-state index contributed by atoms with van der Waals surface area (Å²) in [5, 5.41) is 7.66. The standard InChI is InChI=1S/C19H22FN5O2/c1-12-8-17(21)25(23-12)11-18(27)24-6-4-19(5-7-24)10-16(26)14-9-13(20)2-3-15(14)22-19/h2-3,8-9,22H,4-7,10-11,21H2,1H3. The molecule has 0 bridgehead atoms. The van der Waals surface area contributed by atoms with Gasteiger partial charge in [0, 0.05) is 42.4 Å². The first-order valence-electron chi connectivity index (χ1n) is 9.04. The van der Waals surface area contributed by atoms with E-state index in [1.165, 1.54) is 16.8 Å². The number of hydrogen-bond donors (Lipinski definition) is 2. The molecule has 0 radical (unpaired) electrons. The van der Waals surface area contributed by atoms with Crippen LogP contribution < -0.4 is 11.1 Å². The van der Waals surface area contributed by atoms with E-state index in [1.807, 2.05) is 6.92 Å². The average molecular weight is 371 g/mol. The molecule has 1 aromatic carbocycles. The second kappa shape index (κ2) is 6.37. The number of nitrogens with two attached hydrogens (primary N) is 1. The zero-order valence-electron chi connectivity index (χ0n) is 15.2. The second-order valence-corrected chi connectivity index (χ2v) is 7.44. The predicted octanol–water partition coefficient (Wildman–Crippen LogP) is 1.97. The molecule has 142 valence electrons. The number of halogens is 1. The highest BCUT2D eigenvalue weighted by atomic mass is 19.1. The maximum absolute atomic E-state index is 13.4. The van der Waals surface area contributed by atoms with E-state index in [0.29, 0.717) is 49.4 Å². The Morgan fingerprint density at radius 2 is 2.07 bits per heavy atom. The molecule has 0 atom stereocenters. The molecule has 1 spiro atoms. The van der Waals surface area contributed by atoms with Gasteiger partial charge in [-0.25, -0.2) is 9.07 Å². The third kappa shape index (κ3) is 3.27. The summed E-state index contributed by atoms with van der Waals surface area (Å²) in [4.78, 5) is 26.9. The highest BCUT2D eigenvalue weighted by molar-refractivity contribution is 6.04. The molecule has 1 saturated heterocycles. The van der Waals surface area contributed by atoms with Crippen molar-refractivity contribution in [2.75, 3.05) is 24.1 Å². The van der Waals surface area contributed by atoms with Gasteiger partial charge in [-0.2, -0.15) is 5.10 Å². The van der Waals surface area contributed by atoms with Crippen LogP contribution in [-0.2, 0) is 11.3 Å². The number of benzene rings is 1. The largest absolute Gasteiger partial charge is 0.384 e. The molecule has 3 N–H and O–H groups in total. The number of hydrogen-bond acceptors (Lipinski definition) is 5. The molecule has 0 aliphatic carbocycles. The lowest BCUT2D eigenvalue weighted by molar-refractivity contribution is -0.133. The number of anilines is 2. The van der Waals surface area contributed by atoms with E-state index in [1.54, 1.807) is 17.0 Å². The van der Waals surface area contributed by atoms with Crippen LogP contribution in [0.25, 0.3) is 0 Å². The fourth-order valence-electron chi connectivity index (χ4n) is 3.99. The van der Waals surface area contributed by atoms with Gasteiger partial charge in [0.1, 0.15) is 18.2 Å². The zero-order chi connectivity index (χ0) is 19.2. The second-order valence-electron chi connectivity index (χ2n) is 7.44. The van der Waals surface area contributed by atoms with Gasteiger partial charge in [0.2, 0.25) is 5.91 Å². The molecule has 2 aliphatic rings. The van der Waals surface area contributed by atoms with Crippen molar-refractivity contribution < 1.29 is 14.0 Å². The Balaban J connectivity index is 1.43. The van der Waals surface area contributed by atoms with Gasteiger partial charge >= 0.3 is 0 Å². The van der Waals surface area contributed by atoms with Crippen LogP contribution in [0.5, 0.6) is 0 Å². The normalized spacial score (nSPS) is 18.3. The number of amides is 1. The molecule has 1 aromatic heterocycles. The van der Waals surface area contributed by atoms with Gasteiger partial charge in [0.25, 0.3) is 0 Å². The van der Waals surface area contributed by atoms with Crippen LogP contribution in [0, 0.1) is 12.7 Å². The number of ketones is 1. The number of aromatic nitrogens is 2. The van der Waals surface area contributed by atoms with Gasteiger partial charge < -0.3 is 16.0 Å². The summed E-state index contributed by atoms with van der Waals surface area (Å²) >= 11 is 0. The van der Waals surface area contributed by atoms with Crippen molar-refractivity contribution in [3.05, 3.63) is 41.3 Å². The van der Waals surface area contributed by atoms with E-state index in [-0.39, 0.29) is 23.8 Å². The molecule has 7 nitrogen and oxygen atoms in total. The molecule has 2 aromatic rings. The van der Waals surface area contributed by atoms with Crippen molar-refractivity contribution in [1.82, 2.24) is 14.7 Å². The predicted molar refractivity (Wildman–Crippen MR) is 98.9 cm³/mol. The number of carbonyl (C=O) groups excluding carboxylic acids is 2. The van der Waals surface area contributed by atoms with Gasteiger partial charge in [0.05, 0.1) is 5.69 Å². The molecule has 27 heavy (non-hydrogen) atoms. The summed E-state index contributed by atoms with van der Waals surface area (Å²) in [6, 6.07) is 5.99. The molecule has 0 unspecified atom stereocenters. The zero-order valence-corrected chi connectivity index (χ0v) is 15.2. The van der Waals surface area contributed by atoms with Crippen molar-refractivity contribution in [3.63, 3.8) is 0 Å². The number of rotatable bonds is 2. The smallest absolute Gasteiger partial charge is 0.244 e. The average Bonchev–Trinajstić information content (AvgIpc) is 2.93. The molecule has 4 rings (SSSR count). The number of nitrogens with one attached hydrogen (secondary N) is 1. The van der Waals surface area contributed by atoms with Gasteiger partial charge in [-0.05, 0) is 38.0 Å². The van der Waals surface area contributed by atoms with E-state index in [9.17, 15) is 14.0 Å². The molecule has 1 fully saturated rings. The number of aryl methyl sites for hydroxylation is 1. The number of carbonyl (C=O) groups is 2. The van der Waals surface area contributed by atoms with Crippen LogP contribution in [0.15, 0.2) is 24.3 Å². The molecular weight excluding hydrogens is 349 g/mol. The first-order valence-corrected chi connectivity index (χ1v) is 9.04. The van der Waals surface area contributed by atoms with Crippen LogP contribution in [0.1, 0.15) is 35.3 Å². The monoisotopic (exact) mass is 371 g/mol. The minimum absolute atomic E-state index is 0.0377. The summed E-state index contributed by atoms with van der Waals surface area (Å²) < 4.78 is 14.9. The Kier molecular flexibility index (Phi) is 4.13. The topological polar surface area (TPSA) is 93.2 Å². The SMILES string of the molecule is Cc1cc(N)n(CC(=O)N2CCC3(CC2)CC(=O)c2cc(F)ccc2N3)n1. The maximum Gasteiger partial charge on any atom is 0.244 e. The van der Waals surface area contributed by atoms with Crippen molar-refractivity contribution in [2.45, 2.75) is 38.3 Å². The Labute approximate surface area is 156 Å². The lowest BCUT2D eigenvalue weighted by Gasteiger charge is -2.45. The summed E-state index contributed by atoms with van der Waals surface area (Å²) in [5.41, 5.74) is 7.34. The van der Waals surface area contributed by atoms with Crippen LogP contribution >= 0.6 is 0 Å². The first kappa shape index (κ1) is 17.5. The Bertz CT molecular complexity index is 915. The highest BCUT2D eigenvalue weighted by Gasteiger charge is 2.41. The summed E-state index contributed by atoms with van der Waals surface area (Å²) in [5.74, 6) is -0.0295. The lowest BCUT2D eigenvalue weighted by atomic mass is 9.78. The number of nitrogens with zero attached hydrogens (tertiary/aromatic N) is 3. The lowest BCUT2D eigenvalue weighted by Crippen LogP contribution is -2.53. The van der Waals surface area contributed by atoms with Crippen molar-refractivity contribution in [1.29, 1.82) is 0 Å². The fraction of sp³-hybridized carbons (Fsp3) is 0.421. The van der Waals surface area contributed by atoms with Gasteiger partial charge in [-0.3, -0.25) is 9.59 Å². The van der Waals surface area contributed by atoms with Crippen LogP contribution in [-0.4, -0.2) is 45.0 Å². The number of fused-ring (bicyclic) bond motifs is 1. The Morgan fingerprint density at radius 1 is 1.33 bits per heavy atom. The van der Waals surface area contributed by atoms with Crippen molar-refractivity contribution >= 4 is 23.2 Å². The minimum Gasteiger partial charge on any atom is -0.384 e. The summed E-state index contributed by atoms with van der Waals surface area (Å²) in [6.45, 7) is 3.05. The molecule has 0 saturated carbocycles. The van der Waals surface area contributed by atoms with E-state index in [4.69, 9.17) is 5.73 Å². The molecular formula is C19H22FN5O2. The van der Waals surface area contributed by atoms with Gasteiger partial charge in [-0.15, -0.1) is 0 Å². The molecule has 1 amide bonds. The van der Waals surface area contributed by atoms with Crippen molar-refractivity contribution in [3.8, 4) is 0 Å². The number of Topliss-reactive ketones (excluding diaryl/α,β-unsaturated/α-hetero) is 1. The van der Waals surface area contributed by atoms with Gasteiger partial charge in [-0.1, -0.05) is 0 Å². The van der Waals surface area contributed by atoms with E-state index in [0.717, 1.165) is 5.69 Å². The number of piperidine rings is 1. The Morgan fingerprint density at radius 3 is 2.74 bits per heavy atom. The molecule has 2 aliphatic heterocycles. The third-order valence-corrected chi connectivity index (χ3v) is 5.47. The Hall–Kier alpha value is -2.90. The fourth-order valence-corrected chi connectivity index (χ4v) is 3.99. The molecule has 8 heteroatoms. The third-order valence-electron chi connectivity index (χ3n) is 5.47. The summed E-state index contributed by atoms with van der Waals surface area (Å²) in [6.07, 6.45) is 1.64. The molecule has 3 heterocycles. The maximum atomic E-state index is 13.4. The van der Waals surface area contributed by atoms with Gasteiger partial charge in [0.15, 0.2) is 5.78 Å². The highest BCUT2D eigenvalue weighted by Crippen LogP contribution is 2.37. The quantitative estimate of drug-likeness (QED) is 0.842. The number of nitrogen functional groups attached to an aromatic ring is 1. The van der Waals surface area contributed by atoms with Crippen molar-refractivity contribution in [2.24, 2.45) is 0 Å². The van der Waals surface area contributed by atoms with Crippen LogP contribution in [0.2, 0.25) is 0 Å². The number of likely N-dealkylation sites (tertiary alicyclic amines) is 1. The van der Waals surface area contributed by atoms with Crippen LogP contribution in [0.4, 0.5) is 15.9 Å². The minimum atomic E-state index is -0.409. The van der Waals surface area contributed by atoms with E-state index >= 15 is 0 Å². The first-order chi connectivity index (χ1) is 12.8. The van der Waals surface area contributed by atoms with E-state index in [2.05, 4.69) is 10.4 Å². The van der Waals surface area contributed by atoms with Crippen LogP contribution in [0.3, 0.4) is 0 Å². The van der Waals surface area contributed by atoms with E-state index < -0.39 is 5.82 Å². The summed E-state index contributed by atoms with van der Waals surface area (Å²) in [7, 11) is 0.